The van der Waals surface area contributed by atoms with Crippen LogP contribution < -0.4 is 21.1 Å². The highest BCUT2D eigenvalue weighted by Crippen LogP contribution is 2.17. The molecular weight excluding hydrogens is 270 g/mol. The van der Waals surface area contributed by atoms with E-state index in [0.717, 1.165) is 6.42 Å². The summed E-state index contributed by atoms with van der Waals surface area (Å²) in [5.74, 6) is 0.616. The summed E-state index contributed by atoms with van der Waals surface area (Å²) in [6.07, 6.45) is 0.974. The minimum atomic E-state index is -0.365. The summed E-state index contributed by atoms with van der Waals surface area (Å²) in [5, 5.41) is 5.09. The van der Waals surface area contributed by atoms with Gasteiger partial charge in [0.1, 0.15) is 5.75 Å². The van der Waals surface area contributed by atoms with Gasteiger partial charge in [0, 0.05) is 11.8 Å². The van der Waals surface area contributed by atoms with Crippen LogP contribution in [0.3, 0.4) is 0 Å². The summed E-state index contributed by atoms with van der Waals surface area (Å²) in [4.78, 5) is 22.6. The van der Waals surface area contributed by atoms with Crippen molar-refractivity contribution >= 4 is 17.5 Å². The summed E-state index contributed by atoms with van der Waals surface area (Å²) >= 11 is 0. The fourth-order valence-electron chi connectivity index (χ4n) is 1.53. The monoisotopic (exact) mass is 293 g/mol. The first-order valence-corrected chi connectivity index (χ1v) is 7.00. The fourth-order valence-corrected chi connectivity index (χ4v) is 1.53. The molecule has 0 spiro atoms. The van der Waals surface area contributed by atoms with Gasteiger partial charge in [0.2, 0.25) is 11.8 Å². The predicted molar refractivity (Wildman–Crippen MR) is 82.1 cm³/mol. The molecule has 6 heteroatoms. The Labute approximate surface area is 125 Å². The maximum absolute atomic E-state index is 11.6. The molecule has 0 aliphatic carbocycles. The molecule has 21 heavy (non-hydrogen) atoms. The van der Waals surface area contributed by atoms with Crippen molar-refractivity contribution in [3.05, 3.63) is 24.3 Å². The van der Waals surface area contributed by atoms with Crippen molar-refractivity contribution in [2.45, 2.75) is 20.3 Å². The molecule has 4 N–H and O–H groups in total. The van der Waals surface area contributed by atoms with E-state index in [0.29, 0.717) is 24.0 Å². The van der Waals surface area contributed by atoms with Crippen molar-refractivity contribution in [2.75, 3.05) is 25.0 Å². The van der Waals surface area contributed by atoms with Crippen LogP contribution >= 0.6 is 0 Å². The SMILES string of the molecule is CC(C)CCOc1cccc(NC(=O)CNC(=O)CN)c1. The lowest BCUT2D eigenvalue weighted by atomic mass is 10.1. The summed E-state index contributed by atoms with van der Waals surface area (Å²) in [5.41, 5.74) is 5.77. The Hall–Kier alpha value is -2.08. The van der Waals surface area contributed by atoms with Crippen LogP contribution in [0.4, 0.5) is 5.69 Å². The van der Waals surface area contributed by atoms with Gasteiger partial charge in [0.15, 0.2) is 0 Å². The zero-order valence-electron chi connectivity index (χ0n) is 12.5. The first-order chi connectivity index (χ1) is 10.0. The van der Waals surface area contributed by atoms with Gasteiger partial charge in [-0.05, 0) is 24.5 Å². The van der Waals surface area contributed by atoms with Gasteiger partial charge in [0.05, 0.1) is 19.7 Å². The van der Waals surface area contributed by atoms with Crippen molar-refractivity contribution in [2.24, 2.45) is 11.7 Å². The highest BCUT2D eigenvalue weighted by atomic mass is 16.5. The third kappa shape index (κ3) is 7.31. The largest absolute Gasteiger partial charge is 0.494 e. The Morgan fingerprint density at radius 1 is 1.29 bits per heavy atom. The summed E-state index contributed by atoms with van der Waals surface area (Å²) < 4.78 is 5.62. The van der Waals surface area contributed by atoms with Gasteiger partial charge in [-0.1, -0.05) is 19.9 Å². The smallest absolute Gasteiger partial charge is 0.243 e. The molecule has 2 amide bonds. The van der Waals surface area contributed by atoms with E-state index >= 15 is 0 Å². The Kier molecular flexibility index (Phi) is 7.25. The molecule has 6 nitrogen and oxygen atoms in total. The molecule has 0 aliphatic heterocycles. The fraction of sp³-hybridized carbons (Fsp3) is 0.467. The molecule has 0 radical (unpaired) electrons. The Morgan fingerprint density at radius 3 is 2.71 bits per heavy atom. The molecule has 1 rings (SSSR count). The van der Waals surface area contributed by atoms with E-state index in [4.69, 9.17) is 10.5 Å². The molecule has 0 aliphatic rings. The number of nitrogens with one attached hydrogen (secondary N) is 2. The van der Waals surface area contributed by atoms with Crippen LogP contribution in [0.1, 0.15) is 20.3 Å². The number of ether oxygens (including phenoxy) is 1. The van der Waals surface area contributed by atoms with Gasteiger partial charge >= 0.3 is 0 Å². The zero-order valence-corrected chi connectivity index (χ0v) is 12.5. The second-order valence-corrected chi connectivity index (χ2v) is 5.09. The molecule has 0 atom stereocenters. The number of benzene rings is 1. The van der Waals surface area contributed by atoms with E-state index in [1.54, 1.807) is 18.2 Å². The van der Waals surface area contributed by atoms with Crippen molar-refractivity contribution in [3.8, 4) is 5.75 Å². The second-order valence-electron chi connectivity index (χ2n) is 5.09. The topological polar surface area (TPSA) is 93.5 Å². The summed E-state index contributed by atoms with van der Waals surface area (Å²) in [6.45, 7) is 4.67. The van der Waals surface area contributed by atoms with Gasteiger partial charge in [-0.2, -0.15) is 0 Å². The zero-order chi connectivity index (χ0) is 15.7. The maximum Gasteiger partial charge on any atom is 0.243 e. The number of rotatable bonds is 8. The average Bonchev–Trinajstić information content (AvgIpc) is 2.44. The molecule has 0 bridgehead atoms. The van der Waals surface area contributed by atoms with Crippen LogP contribution in [0.25, 0.3) is 0 Å². The van der Waals surface area contributed by atoms with Gasteiger partial charge in [0.25, 0.3) is 0 Å². The van der Waals surface area contributed by atoms with Gasteiger partial charge < -0.3 is 21.1 Å². The number of anilines is 1. The van der Waals surface area contributed by atoms with E-state index < -0.39 is 0 Å². The quantitative estimate of drug-likeness (QED) is 0.669. The second kappa shape index (κ2) is 8.97. The average molecular weight is 293 g/mol. The van der Waals surface area contributed by atoms with Crippen molar-refractivity contribution < 1.29 is 14.3 Å². The van der Waals surface area contributed by atoms with Crippen molar-refractivity contribution in [3.63, 3.8) is 0 Å². The number of nitrogens with two attached hydrogens (primary N) is 1. The molecule has 1 aromatic rings. The number of hydrogen-bond acceptors (Lipinski definition) is 4. The lowest BCUT2D eigenvalue weighted by molar-refractivity contribution is -0.123. The molecule has 0 heterocycles. The highest BCUT2D eigenvalue weighted by Gasteiger charge is 2.05. The van der Waals surface area contributed by atoms with Gasteiger partial charge in [-0.25, -0.2) is 0 Å². The van der Waals surface area contributed by atoms with Gasteiger partial charge in [-0.3, -0.25) is 9.59 Å². The normalized spacial score (nSPS) is 10.3. The first kappa shape index (κ1) is 17.0. The lowest BCUT2D eigenvalue weighted by Crippen LogP contribution is -2.36. The molecule has 0 aromatic heterocycles. The number of amides is 2. The summed E-state index contributed by atoms with van der Waals surface area (Å²) in [7, 11) is 0. The van der Waals surface area contributed by atoms with E-state index in [2.05, 4.69) is 24.5 Å². The maximum atomic E-state index is 11.6. The predicted octanol–water partition coefficient (Wildman–Crippen LogP) is 1.12. The Morgan fingerprint density at radius 2 is 2.05 bits per heavy atom. The standard InChI is InChI=1S/C15H23N3O3/c1-11(2)6-7-21-13-5-3-4-12(8-13)18-15(20)10-17-14(19)9-16/h3-5,8,11H,6-7,9-10,16H2,1-2H3,(H,17,19)(H,18,20). The minimum Gasteiger partial charge on any atom is -0.494 e. The van der Waals surface area contributed by atoms with E-state index in [-0.39, 0.29) is 24.9 Å². The number of carbonyl (C=O) groups is 2. The third-order valence-electron chi connectivity index (χ3n) is 2.71. The lowest BCUT2D eigenvalue weighted by Gasteiger charge is -2.10. The molecule has 1 aromatic carbocycles. The van der Waals surface area contributed by atoms with Crippen LogP contribution in [0.2, 0.25) is 0 Å². The minimum absolute atomic E-state index is 0.103. The van der Waals surface area contributed by atoms with Crippen molar-refractivity contribution in [1.29, 1.82) is 0 Å². The third-order valence-corrected chi connectivity index (χ3v) is 2.71. The van der Waals surface area contributed by atoms with Crippen LogP contribution in [0.15, 0.2) is 24.3 Å². The number of hydrogen-bond donors (Lipinski definition) is 3. The molecule has 0 unspecified atom stereocenters. The van der Waals surface area contributed by atoms with E-state index in [9.17, 15) is 9.59 Å². The first-order valence-electron chi connectivity index (χ1n) is 7.00. The van der Waals surface area contributed by atoms with Crippen molar-refractivity contribution in [1.82, 2.24) is 5.32 Å². The van der Waals surface area contributed by atoms with Crippen LogP contribution in [0, 0.1) is 5.92 Å². The Balaban J connectivity index is 2.44. The molecule has 0 fully saturated rings. The molecule has 0 saturated heterocycles. The Bertz CT molecular complexity index is 475. The van der Waals surface area contributed by atoms with Gasteiger partial charge in [-0.15, -0.1) is 0 Å². The number of carbonyl (C=O) groups excluding carboxylic acids is 2. The molecule has 0 saturated carbocycles. The summed E-state index contributed by atoms with van der Waals surface area (Å²) in [6, 6.07) is 7.16. The highest BCUT2D eigenvalue weighted by molar-refractivity contribution is 5.94. The molecular formula is C15H23N3O3. The van der Waals surface area contributed by atoms with E-state index in [1.807, 2.05) is 6.07 Å². The van der Waals surface area contributed by atoms with Crippen LogP contribution in [0.5, 0.6) is 5.75 Å². The van der Waals surface area contributed by atoms with Crippen LogP contribution in [-0.4, -0.2) is 31.5 Å². The van der Waals surface area contributed by atoms with E-state index in [1.165, 1.54) is 0 Å². The van der Waals surface area contributed by atoms with Crippen LogP contribution in [-0.2, 0) is 9.59 Å². The molecule has 116 valence electrons.